The smallest absolute Gasteiger partial charge is 0.243 e. The van der Waals surface area contributed by atoms with E-state index in [0.717, 1.165) is 42.4 Å². The highest BCUT2D eigenvalue weighted by Gasteiger charge is 2.32. The first-order valence-electron chi connectivity index (χ1n) is 13.0. The second-order valence-electron chi connectivity index (χ2n) is 9.65. The Bertz CT molecular complexity index is 1110. The maximum atomic E-state index is 13.8. The molecule has 4 nitrogen and oxygen atoms in total. The van der Waals surface area contributed by atoms with Gasteiger partial charge in [-0.25, -0.2) is 0 Å². The van der Waals surface area contributed by atoms with Gasteiger partial charge in [-0.2, -0.15) is 0 Å². The van der Waals surface area contributed by atoms with E-state index in [1.807, 2.05) is 84.9 Å². The van der Waals surface area contributed by atoms with E-state index in [-0.39, 0.29) is 17.9 Å². The minimum atomic E-state index is -0.617. The molecule has 0 unspecified atom stereocenters. The molecule has 36 heavy (non-hydrogen) atoms. The summed E-state index contributed by atoms with van der Waals surface area (Å²) < 4.78 is 0. The standard InChI is InChI=1S/C31H35ClN2O2/c32-28-19-11-10-16-26(28)23-34(30(35)21-20-24-12-4-1-5-13-24)29(22-25-14-6-2-7-15-25)31(36)33-27-17-8-3-9-18-27/h1-2,4-7,10-16,19,27,29H,3,8-9,17-18,20-23H2,(H,33,36)/t29-/m1/s1. The molecular formula is C31H35ClN2O2. The predicted octanol–water partition coefficient (Wildman–Crippen LogP) is 6.36. The second-order valence-corrected chi connectivity index (χ2v) is 10.1. The van der Waals surface area contributed by atoms with Crippen LogP contribution in [0.1, 0.15) is 55.2 Å². The van der Waals surface area contributed by atoms with Crippen molar-refractivity contribution in [1.29, 1.82) is 0 Å². The van der Waals surface area contributed by atoms with Gasteiger partial charge in [0.1, 0.15) is 6.04 Å². The number of aryl methyl sites for hydroxylation is 1. The number of amides is 2. The van der Waals surface area contributed by atoms with Gasteiger partial charge in [-0.3, -0.25) is 9.59 Å². The fraction of sp³-hybridized carbons (Fsp3) is 0.355. The van der Waals surface area contributed by atoms with Crippen molar-refractivity contribution in [3.8, 4) is 0 Å². The summed E-state index contributed by atoms with van der Waals surface area (Å²) in [5, 5.41) is 3.88. The molecule has 4 rings (SSSR count). The summed E-state index contributed by atoms with van der Waals surface area (Å²) in [5.41, 5.74) is 2.98. The Balaban J connectivity index is 1.61. The molecule has 1 fully saturated rings. The van der Waals surface area contributed by atoms with E-state index in [1.54, 1.807) is 4.90 Å². The SMILES string of the molecule is O=C(NC1CCCCC1)[C@@H](Cc1ccccc1)N(Cc1ccccc1Cl)C(=O)CCc1ccccc1. The largest absolute Gasteiger partial charge is 0.352 e. The Morgan fingerprint density at radius 1 is 0.833 bits per heavy atom. The van der Waals surface area contributed by atoms with Crippen LogP contribution in [0, 0.1) is 0 Å². The Hall–Kier alpha value is -3.11. The third-order valence-electron chi connectivity index (χ3n) is 6.99. The molecule has 3 aromatic rings. The van der Waals surface area contributed by atoms with Gasteiger partial charge < -0.3 is 10.2 Å². The number of halogens is 1. The van der Waals surface area contributed by atoms with Gasteiger partial charge >= 0.3 is 0 Å². The fourth-order valence-electron chi connectivity index (χ4n) is 4.95. The van der Waals surface area contributed by atoms with E-state index in [1.165, 1.54) is 6.42 Å². The van der Waals surface area contributed by atoms with Gasteiger partial charge in [0.2, 0.25) is 11.8 Å². The van der Waals surface area contributed by atoms with Crippen LogP contribution < -0.4 is 5.32 Å². The third kappa shape index (κ3) is 7.44. The molecule has 0 radical (unpaired) electrons. The molecule has 3 aromatic carbocycles. The summed E-state index contributed by atoms with van der Waals surface area (Å²) in [6.07, 6.45) is 6.89. The van der Waals surface area contributed by atoms with Crippen molar-refractivity contribution in [3.05, 3.63) is 107 Å². The molecule has 0 bridgehead atoms. The van der Waals surface area contributed by atoms with Crippen LogP contribution in [0.3, 0.4) is 0 Å². The van der Waals surface area contributed by atoms with Crippen LogP contribution in [0.15, 0.2) is 84.9 Å². The molecule has 0 aromatic heterocycles. The molecule has 2 amide bonds. The zero-order valence-electron chi connectivity index (χ0n) is 20.7. The normalized spacial score (nSPS) is 14.7. The molecule has 0 saturated heterocycles. The Morgan fingerprint density at radius 3 is 2.11 bits per heavy atom. The molecule has 1 aliphatic carbocycles. The average molecular weight is 503 g/mol. The van der Waals surface area contributed by atoms with Crippen LogP contribution in [-0.2, 0) is 29.0 Å². The topological polar surface area (TPSA) is 49.4 Å². The lowest BCUT2D eigenvalue weighted by Crippen LogP contribution is -2.53. The van der Waals surface area contributed by atoms with E-state index in [4.69, 9.17) is 11.6 Å². The number of carbonyl (C=O) groups is 2. The number of rotatable bonds is 10. The summed E-state index contributed by atoms with van der Waals surface area (Å²) in [5.74, 6) is -0.121. The first-order valence-corrected chi connectivity index (χ1v) is 13.4. The molecule has 0 spiro atoms. The van der Waals surface area contributed by atoms with Crippen molar-refractivity contribution < 1.29 is 9.59 Å². The zero-order chi connectivity index (χ0) is 25.2. The lowest BCUT2D eigenvalue weighted by Gasteiger charge is -2.33. The highest BCUT2D eigenvalue weighted by molar-refractivity contribution is 6.31. The zero-order valence-corrected chi connectivity index (χ0v) is 21.5. The average Bonchev–Trinajstić information content (AvgIpc) is 2.92. The number of nitrogens with zero attached hydrogens (tertiary/aromatic N) is 1. The Labute approximate surface area is 219 Å². The molecule has 1 N–H and O–H groups in total. The van der Waals surface area contributed by atoms with Gasteiger partial charge in [-0.15, -0.1) is 0 Å². The monoisotopic (exact) mass is 502 g/mol. The Morgan fingerprint density at radius 2 is 1.44 bits per heavy atom. The summed E-state index contributed by atoms with van der Waals surface area (Å²) in [4.78, 5) is 29.3. The van der Waals surface area contributed by atoms with Gasteiger partial charge in [0.05, 0.1) is 0 Å². The fourth-order valence-corrected chi connectivity index (χ4v) is 5.14. The third-order valence-corrected chi connectivity index (χ3v) is 7.36. The van der Waals surface area contributed by atoms with Crippen molar-refractivity contribution in [1.82, 2.24) is 10.2 Å². The molecular weight excluding hydrogens is 468 g/mol. The number of nitrogens with one attached hydrogen (secondary N) is 1. The molecule has 1 aliphatic rings. The lowest BCUT2D eigenvalue weighted by atomic mass is 9.94. The van der Waals surface area contributed by atoms with Gasteiger partial charge in [0.15, 0.2) is 0 Å². The minimum Gasteiger partial charge on any atom is -0.352 e. The van der Waals surface area contributed by atoms with Crippen LogP contribution in [0.25, 0.3) is 0 Å². The molecule has 1 saturated carbocycles. The van der Waals surface area contributed by atoms with E-state index < -0.39 is 6.04 Å². The minimum absolute atomic E-state index is 0.0431. The summed E-state index contributed by atoms with van der Waals surface area (Å²) >= 11 is 6.51. The van der Waals surface area contributed by atoms with Crippen molar-refractivity contribution in [2.45, 2.75) is 70.0 Å². The summed E-state index contributed by atoms with van der Waals surface area (Å²) in [7, 11) is 0. The van der Waals surface area contributed by atoms with Crippen molar-refractivity contribution >= 4 is 23.4 Å². The van der Waals surface area contributed by atoms with Crippen LogP contribution in [0.4, 0.5) is 0 Å². The Kier molecular flexibility index (Phi) is 9.57. The number of hydrogen-bond donors (Lipinski definition) is 1. The van der Waals surface area contributed by atoms with E-state index >= 15 is 0 Å². The molecule has 0 aliphatic heterocycles. The summed E-state index contributed by atoms with van der Waals surface area (Å²) in [6, 6.07) is 27.1. The maximum Gasteiger partial charge on any atom is 0.243 e. The van der Waals surface area contributed by atoms with Gasteiger partial charge in [-0.1, -0.05) is 110 Å². The number of carbonyl (C=O) groups excluding carboxylic acids is 2. The molecule has 0 heterocycles. The predicted molar refractivity (Wildman–Crippen MR) is 146 cm³/mol. The van der Waals surface area contributed by atoms with E-state index in [0.29, 0.717) is 30.8 Å². The quantitative estimate of drug-likeness (QED) is 0.350. The second kappa shape index (κ2) is 13.3. The van der Waals surface area contributed by atoms with Crippen LogP contribution in [0.5, 0.6) is 0 Å². The summed E-state index contributed by atoms with van der Waals surface area (Å²) in [6.45, 7) is 0.295. The van der Waals surface area contributed by atoms with E-state index in [9.17, 15) is 9.59 Å². The van der Waals surface area contributed by atoms with Crippen LogP contribution in [0.2, 0.25) is 5.02 Å². The molecule has 188 valence electrons. The first-order chi connectivity index (χ1) is 17.6. The highest BCUT2D eigenvalue weighted by Crippen LogP contribution is 2.23. The lowest BCUT2D eigenvalue weighted by molar-refractivity contribution is -0.141. The number of hydrogen-bond acceptors (Lipinski definition) is 2. The van der Waals surface area contributed by atoms with Gasteiger partial charge in [-0.05, 0) is 42.0 Å². The van der Waals surface area contributed by atoms with Crippen molar-refractivity contribution in [2.75, 3.05) is 0 Å². The van der Waals surface area contributed by atoms with E-state index in [2.05, 4.69) is 5.32 Å². The van der Waals surface area contributed by atoms with Crippen LogP contribution >= 0.6 is 11.6 Å². The van der Waals surface area contributed by atoms with Crippen LogP contribution in [-0.4, -0.2) is 28.8 Å². The van der Waals surface area contributed by atoms with Crippen molar-refractivity contribution in [2.24, 2.45) is 0 Å². The van der Waals surface area contributed by atoms with Crippen molar-refractivity contribution in [3.63, 3.8) is 0 Å². The van der Waals surface area contributed by atoms with Gasteiger partial charge in [0.25, 0.3) is 0 Å². The van der Waals surface area contributed by atoms with Gasteiger partial charge in [0, 0.05) is 30.5 Å². The maximum absolute atomic E-state index is 13.8. The molecule has 5 heteroatoms. The highest BCUT2D eigenvalue weighted by atomic mass is 35.5. The number of benzene rings is 3. The first kappa shape index (κ1) is 26.0. The molecule has 1 atom stereocenters.